The lowest BCUT2D eigenvalue weighted by molar-refractivity contribution is 0.0948. The molecule has 0 saturated carbocycles. The van der Waals surface area contributed by atoms with Gasteiger partial charge in [0.2, 0.25) is 0 Å². The lowest BCUT2D eigenvalue weighted by atomic mass is 10.1. The van der Waals surface area contributed by atoms with Crippen molar-refractivity contribution in [2.24, 2.45) is 0 Å². The van der Waals surface area contributed by atoms with Gasteiger partial charge in [0, 0.05) is 20.1 Å². The number of hydrogen-bond donors (Lipinski definition) is 0. The van der Waals surface area contributed by atoms with Gasteiger partial charge in [-0.3, -0.25) is 4.79 Å². The second kappa shape index (κ2) is 5.26. The summed E-state index contributed by atoms with van der Waals surface area (Å²) in [5.74, 6) is -0.527. The SMILES string of the molecule is COc1ccc(F)cc1C(=O)CN1CCN(C)C1=O. The Bertz CT molecular complexity index is 519. The molecule has 5 nitrogen and oxygen atoms in total. The van der Waals surface area contributed by atoms with Crippen LogP contribution in [0.1, 0.15) is 10.4 Å². The first kappa shape index (κ1) is 13.3. The van der Waals surface area contributed by atoms with Crippen LogP contribution in [0.15, 0.2) is 18.2 Å². The predicted octanol–water partition coefficient (Wildman–Crippen LogP) is 1.38. The molecule has 1 aliphatic heterocycles. The summed E-state index contributed by atoms with van der Waals surface area (Å²) in [6.45, 7) is 1.02. The van der Waals surface area contributed by atoms with E-state index in [1.165, 1.54) is 29.0 Å². The number of nitrogens with zero attached hydrogens (tertiary/aromatic N) is 2. The van der Waals surface area contributed by atoms with Crippen LogP contribution in [0.5, 0.6) is 5.75 Å². The molecule has 19 heavy (non-hydrogen) atoms. The highest BCUT2D eigenvalue weighted by molar-refractivity contribution is 6.01. The molecule has 0 radical (unpaired) electrons. The molecule has 1 aliphatic rings. The Morgan fingerprint density at radius 1 is 1.42 bits per heavy atom. The molecule has 0 N–H and O–H groups in total. The number of urea groups is 1. The molecule has 0 unspecified atom stereocenters. The molecule has 0 bridgehead atoms. The molecular weight excluding hydrogens is 251 g/mol. The topological polar surface area (TPSA) is 49.9 Å². The third kappa shape index (κ3) is 2.67. The minimum absolute atomic E-state index is 0.0665. The summed E-state index contributed by atoms with van der Waals surface area (Å²) in [5, 5.41) is 0. The Balaban J connectivity index is 2.16. The van der Waals surface area contributed by atoms with Crippen molar-refractivity contribution in [1.82, 2.24) is 9.80 Å². The molecule has 1 saturated heterocycles. The van der Waals surface area contributed by atoms with Crippen molar-refractivity contribution in [3.8, 4) is 5.75 Å². The quantitative estimate of drug-likeness (QED) is 0.774. The maximum Gasteiger partial charge on any atom is 0.320 e. The maximum absolute atomic E-state index is 13.2. The smallest absolute Gasteiger partial charge is 0.320 e. The third-order valence-electron chi connectivity index (χ3n) is 3.10. The maximum atomic E-state index is 13.2. The largest absolute Gasteiger partial charge is 0.496 e. The van der Waals surface area contributed by atoms with Crippen LogP contribution in [-0.2, 0) is 0 Å². The fourth-order valence-electron chi connectivity index (χ4n) is 2.01. The summed E-state index contributed by atoms with van der Waals surface area (Å²) < 4.78 is 18.2. The number of carbonyl (C=O) groups excluding carboxylic acids is 2. The van der Waals surface area contributed by atoms with Crippen molar-refractivity contribution < 1.29 is 18.7 Å². The number of ether oxygens (including phenoxy) is 1. The summed E-state index contributed by atoms with van der Waals surface area (Å²) in [5.41, 5.74) is 0.157. The molecule has 6 heteroatoms. The lowest BCUT2D eigenvalue weighted by Crippen LogP contribution is -2.34. The molecule has 1 heterocycles. The highest BCUT2D eigenvalue weighted by Crippen LogP contribution is 2.20. The first-order valence-corrected chi connectivity index (χ1v) is 5.89. The van der Waals surface area contributed by atoms with Crippen LogP contribution in [-0.4, -0.2) is 55.4 Å². The van der Waals surface area contributed by atoms with Crippen LogP contribution in [0.2, 0.25) is 0 Å². The third-order valence-corrected chi connectivity index (χ3v) is 3.10. The predicted molar refractivity (Wildman–Crippen MR) is 66.9 cm³/mol. The average Bonchev–Trinajstić information content (AvgIpc) is 2.70. The van der Waals surface area contributed by atoms with E-state index in [0.717, 1.165) is 6.07 Å². The molecule has 0 aromatic heterocycles. The van der Waals surface area contributed by atoms with Crippen LogP contribution in [0.3, 0.4) is 0 Å². The number of rotatable bonds is 4. The number of carbonyl (C=O) groups is 2. The molecular formula is C13H15FN2O3. The van der Waals surface area contributed by atoms with E-state index in [4.69, 9.17) is 4.74 Å². The Kier molecular flexibility index (Phi) is 3.69. The highest BCUT2D eigenvalue weighted by atomic mass is 19.1. The van der Waals surface area contributed by atoms with Crippen LogP contribution < -0.4 is 4.74 Å². The zero-order chi connectivity index (χ0) is 14.0. The van der Waals surface area contributed by atoms with E-state index >= 15 is 0 Å². The summed E-state index contributed by atoms with van der Waals surface area (Å²) >= 11 is 0. The molecule has 2 amide bonds. The summed E-state index contributed by atoms with van der Waals surface area (Å²) in [6, 6.07) is 3.57. The van der Waals surface area contributed by atoms with E-state index in [1.54, 1.807) is 7.05 Å². The standard InChI is InChI=1S/C13H15FN2O3/c1-15-5-6-16(13(15)18)8-11(17)10-7-9(14)3-4-12(10)19-2/h3-4,7H,5-6,8H2,1-2H3. The van der Waals surface area contributed by atoms with Gasteiger partial charge in [0.15, 0.2) is 5.78 Å². The first-order chi connectivity index (χ1) is 9.02. The van der Waals surface area contributed by atoms with Crippen molar-refractivity contribution in [3.63, 3.8) is 0 Å². The van der Waals surface area contributed by atoms with Crippen LogP contribution in [0.4, 0.5) is 9.18 Å². The second-order valence-electron chi connectivity index (χ2n) is 4.39. The molecule has 1 fully saturated rings. The zero-order valence-corrected chi connectivity index (χ0v) is 10.9. The number of hydrogen-bond acceptors (Lipinski definition) is 3. The summed E-state index contributed by atoms with van der Waals surface area (Å²) in [7, 11) is 3.09. The Morgan fingerprint density at radius 3 is 2.74 bits per heavy atom. The minimum Gasteiger partial charge on any atom is -0.496 e. The number of likely N-dealkylation sites (N-methyl/N-ethyl adjacent to an activating group) is 1. The second-order valence-corrected chi connectivity index (χ2v) is 4.39. The average molecular weight is 266 g/mol. The van der Waals surface area contributed by atoms with Gasteiger partial charge in [0.25, 0.3) is 0 Å². The minimum atomic E-state index is -0.506. The molecule has 1 aromatic rings. The lowest BCUT2D eigenvalue weighted by Gasteiger charge is -2.16. The van der Waals surface area contributed by atoms with Crippen LogP contribution >= 0.6 is 0 Å². The van der Waals surface area contributed by atoms with Gasteiger partial charge in [-0.25, -0.2) is 9.18 Å². The fraction of sp³-hybridized carbons (Fsp3) is 0.385. The normalized spacial score (nSPS) is 15.0. The van der Waals surface area contributed by atoms with Gasteiger partial charge in [0.1, 0.15) is 11.6 Å². The van der Waals surface area contributed by atoms with Crippen LogP contribution in [0.25, 0.3) is 0 Å². The van der Waals surface area contributed by atoms with Crippen molar-refractivity contribution >= 4 is 11.8 Å². The van der Waals surface area contributed by atoms with E-state index in [-0.39, 0.29) is 23.9 Å². The highest BCUT2D eigenvalue weighted by Gasteiger charge is 2.28. The van der Waals surface area contributed by atoms with Gasteiger partial charge < -0.3 is 14.5 Å². The number of amides is 2. The number of halogens is 1. The summed E-state index contributed by atoms with van der Waals surface area (Å²) in [6.07, 6.45) is 0. The van der Waals surface area contributed by atoms with Crippen molar-refractivity contribution in [2.75, 3.05) is 33.8 Å². The number of benzene rings is 1. The van der Waals surface area contributed by atoms with E-state index in [9.17, 15) is 14.0 Å². The first-order valence-electron chi connectivity index (χ1n) is 5.89. The van der Waals surface area contributed by atoms with Gasteiger partial charge in [-0.1, -0.05) is 0 Å². The van der Waals surface area contributed by atoms with Gasteiger partial charge >= 0.3 is 6.03 Å². The number of ketones is 1. The van der Waals surface area contributed by atoms with E-state index in [1.807, 2.05) is 0 Å². The zero-order valence-electron chi connectivity index (χ0n) is 10.9. The molecule has 0 atom stereocenters. The number of Topliss-reactive ketones (excluding diaryl/α,β-unsaturated/α-hetero) is 1. The molecule has 102 valence electrons. The summed E-state index contributed by atoms with van der Waals surface area (Å²) in [4.78, 5) is 26.8. The molecule has 0 spiro atoms. The van der Waals surface area contributed by atoms with Gasteiger partial charge in [-0.15, -0.1) is 0 Å². The molecule has 0 aliphatic carbocycles. The van der Waals surface area contributed by atoms with E-state index < -0.39 is 5.82 Å². The van der Waals surface area contributed by atoms with Crippen molar-refractivity contribution in [1.29, 1.82) is 0 Å². The van der Waals surface area contributed by atoms with Gasteiger partial charge in [0.05, 0.1) is 19.2 Å². The van der Waals surface area contributed by atoms with E-state index in [0.29, 0.717) is 18.8 Å². The Morgan fingerprint density at radius 2 is 2.16 bits per heavy atom. The van der Waals surface area contributed by atoms with Crippen LogP contribution in [0, 0.1) is 5.82 Å². The molecule has 1 aromatic carbocycles. The molecule has 2 rings (SSSR count). The Hall–Kier alpha value is -2.11. The van der Waals surface area contributed by atoms with Gasteiger partial charge in [-0.05, 0) is 18.2 Å². The monoisotopic (exact) mass is 266 g/mol. The van der Waals surface area contributed by atoms with Crippen molar-refractivity contribution in [2.45, 2.75) is 0 Å². The van der Waals surface area contributed by atoms with E-state index in [2.05, 4.69) is 0 Å². The van der Waals surface area contributed by atoms with Crippen molar-refractivity contribution in [3.05, 3.63) is 29.6 Å². The van der Waals surface area contributed by atoms with Gasteiger partial charge in [-0.2, -0.15) is 0 Å². The Labute approximate surface area is 110 Å². The number of methoxy groups -OCH3 is 1. The fourth-order valence-corrected chi connectivity index (χ4v) is 2.01.